The van der Waals surface area contributed by atoms with E-state index in [-0.39, 0.29) is 5.97 Å². The Morgan fingerprint density at radius 2 is 1.49 bits per heavy atom. The molecule has 0 amide bonds. The molecule has 2 unspecified atom stereocenters. The lowest BCUT2D eigenvalue weighted by molar-refractivity contribution is -0.156. The van der Waals surface area contributed by atoms with Gasteiger partial charge in [-0.25, -0.2) is 4.98 Å². The molecular weight excluding hydrogens is 510 g/mol. The standard InChI is InChI=1S/C34H51N5O2/c1-34(2,3)41-32(40)23-36-14-16-37(17-15-36)33-35-30-12-4-5-13-31(30)39(33)29-21-26-10-7-11-27(22-29)38(26)28-19-24-8-6-9-25(18-24)20-28/h4-5,12-13,24-29H,6-11,14-23H2,1-3H3/t24-,25+,26-,27+,28?,29?. The molecule has 1 aromatic carbocycles. The van der Waals surface area contributed by atoms with Crippen LogP contribution in [0.25, 0.3) is 11.0 Å². The molecule has 4 bridgehead atoms. The van der Waals surface area contributed by atoms with E-state index in [0.717, 1.165) is 67.6 Å². The van der Waals surface area contributed by atoms with Crippen molar-refractivity contribution < 1.29 is 9.53 Å². The predicted octanol–water partition coefficient (Wildman–Crippen LogP) is 6.03. The summed E-state index contributed by atoms with van der Waals surface area (Å²) in [6.07, 6.45) is 15.5. The summed E-state index contributed by atoms with van der Waals surface area (Å²) >= 11 is 0. The highest BCUT2D eigenvalue weighted by Gasteiger charge is 2.45. The SMILES string of the molecule is CC(C)(C)OC(=O)CN1CCN(c2nc3ccccc3n2C2C[C@H]3CCC[C@@H](C2)N3C2C[C@H]3CCC[C@@H](C2)C3)CC1. The van der Waals surface area contributed by atoms with Gasteiger partial charge >= 0.3 is 5.97 Å². The van der Waals surface area contributed by atoms with Crippen LogP contribution >= 0.6 is 0 Å². The maximum Gasteiger partial charge on any atom is 0.320 e. The molecule has 3 saturated heterocycles. The van der Waals surface area contributed by atoms with Crippen LogP contribution in [-0.2, 0) is 9.53 Å². The fourth-order valence-corrected chi connectivity index (χ4v) is 9.41. The maximum atomic E-state index is 12.5. The zero-order chi connectivity index (χ0) is 28.1. The van der Waals surface area contributed by atoms with Crippen molar-refractivity contribution in [2.45, 2.75) is 121 Å². The molecule has 5 aliphatic rings. The molecule has 2 aromatic rings. The lowest BCUT2D eigenvalue weighted by atomic mass is 9.68. The van der Waals surface area contributed by atoms with Crippen molar-refractivity contribution in [1.29, 1.82) is 0 Å². The molecule has 3 aliphatic heterocycles. The largest absolute Gasteiger partial charge is 0.459 e. The number of piperazine rings is 1. The van der Waals surface area contributed by atoms with Gasteiger partial charge in [0.25, 0.3) is 0 Å². The fourth-order valence-electron chi connectivity index (χ4n) is 9.41. The van der Waals surface area contributed by atoms with Gasteiger partial charge < -0.3 is 14.2 Å². The van der Waals surface area contributed by atoms with Gasteiger partial charge in [0.2, 0.25) is 5.95 Å². The van der Waals surface area contributed by atoms with E-state index >= 15 is 0 Å². The number of benzene rings is 1. The van der Waals surface area contributed by atoms with E-state index in [2.05, 4.69) is 43.5 Å². The maximum absolute atomic E-state index is 12.5. The lowest BCUT2D eigenvalue weighted by Crippen LogP contribution is -2.58. The van der Waals surface area contributed by atoms with E-state index in [1.54, 1.807) is 0 Å². The number of piperidine rings is 2. The van der Waals surface area contributed by atoms with E-state index in [0.29, 0.717) is 12.6 Å². The van der Waals surface area contributed by atoms with Crippen molar-refractivity contribution in [2.75, 3.05) is 37.6 Å². The van der Waals surface area contributed by atoms with Crippen molar-refractivity contribution in [3.8, 4) is 0 Å². The van der Waals surface area contributed by atoms with Crippen LogP contribution in [0.3, 0.4) is 0 Å². The number of hydrogen-bond acceptors (Lipinski definition) is 6. The van der Waals surface area contributed by atoms with Gasteiger partial charge in [-0.1, -0.05) is 37.8 Å². The second-order valence-corrected chi connectivity index (χ2v) is 15.0. The van der Waals surface area contributed by atoms with Crippen LogP contribution in [0.2, 0.25) is 0 Å². The Labute approximate surface area is 246 Å². The molecule has 7 nitrogen and oxygen atoms in total. The Morgan fingerprint density at radius 3 is 2.17 bits per heavy atom. The first-order chi connectivity index (χ1) is 19.8. The number of hydrogen-bond donors (Lipinski definition) is 0. The van der Waals surface area contributed by atoms with Gasteiger partial charge in [-0.2, -0.15) is 0 Å². The van der Waals surface area contributed by atoms with Crippen LogP contribution in [0.4, 0.5) is 5.95 Å². The van der Waals surface area contributed by atoms with Gasteiger partial charge in [0.15, 0.2) is 0 Å². The summed E-state index contributed by atoms with van der Waals surface area (Å²) in [5, 5.41) is 0. The highest BCUT2D eigenvalue weighted by Crippen LogP contribution is 2.48. The topological polar surface area (TPSA) is 53.8 Å². The monoisotopic (exact) mass is 561 g/mol. The Hall–Kier alpha value is -2.12. The van der Waals surface area contributed by atoms with E-state index < -0.39 is 5.60 Å². The summed E-state index contributed by atoms with van der Waals surface area (Å²) in [5.41, 5.74) is 1.97. The number of anilines is 1. The molecule has 7 rings (SSSR count). The first-order valence-corrected chi connectivity index (χ1v) is 16.7. The Bertz CT molecular complexity index is 1200. The van der Waals surface area contributed by atoms with Crippen LogP contribution in [0.5, 0.6) is 0 Å². The lowest BCUT2D eigenvalue weighted by Gasteiger charge is -2.55. The smallest absolute Gasteiger partial charge is 0.320 e. The Kier molecular flexibility index (Phi) is 7.55. The van der Waals surface area contributed by atoms with Gasteiger partial charge in [-0.3, -0.25) is 14.6 Å². The number of carbonyl (C=O) groups excluding carboxylic acids is 1. The normalized spacial score (nSPS) is 33.2. The van der Waals surface area contributed by atoms with Crippen molar-refractivity contribution in [3.63, 3.8) is 0 Å². The minimum atomic E-state index is -0.437. The van der Waals surface area contributed by atoms with Crippen LogP contribution in [-0.4, -0.2) is 81.8 Å². The molecular formula is C34H51N5O2. The fraction of sp³-hybridized carbons (Fsp3) is 0.765. The zero-order valence-electron chi connectivity index (χ0n) is 25.6. The third-order valence-corrected chi connectivity index (χ3v) is 10.9. The number of ether oxygens (including phenoxy) is 1. The molecule has 7 heteroatoms. The van der Waals surface area contributed by atoms with E-state index in [4.69, 9.17) is 9.72 Å². The van der Waals surface area contributed by atoms with Crippen molar-refractivity contribution in [2.24, 2.45) is 11.8 Å². The number of rotatable bonds is 5. The molecule has 0 spiro atoms. The van der Waals surface area contributed by atoms with Gasteiger partial charge in [0.05, 0.1) is 17.6 Å². The Balaban J connectivity index is 1.09. The van der Waals surface area contributed by atoms with Gasteiger partial charge in [-0.05, 0) is 89.7 Å². The zero-order valence-corrected chi connectivity index (χ0v) is 25.6. The molecule has 2 aliphatic carbocycles. The van der Waals surface area contributed by atoms with Crippen LogP contribution in [0.15, 0.2) is 24.3 Å². The predicted molar refractivity (Wildman–Crippen MR) is 164 cm³/mol. The highest BCUT2D eigenvalue weighted by molar-refractivity contribution is 5.79. The molecule has 0 N–H and O–H groups in total. The second kappa shape index (κ2) is 11.2. The molecule has 1 aromatic heterocycles. The molecule has 0 radical (unpaired) electrons. The quantitative estimate of drug-likeness (QED) is 0.416. The number of esters is 1. The summed E-state index contributed by atoms with van der Waals surface area (Å²) in [4.78, 5) is 25.5. The molecule has 4 heterocycles. The Morgan fingerprint density at radius 1 is 0.829 bits per heavy atom. The summed E-state index contributed by atoms with van der Waals surface area (Å²) in [5.74, 6) is 3.00. The number of imidazole rings is 1. The molecule has 2 saturated carbocycles. The molecule has 6 atom stereocenters. The minimum absolute atomic E-state index is 0.127. The van der Waals surface area contributed by atoms with Crippen LogP contribution < -0.4 is 4.90 Å². The first-order valence-electron chi connectivity index (χ1n) is 16.7. The summed E-state index contributed by atoms with van der Waals surface area (Å²) in [7, 11) is 0. The molecule has 5 fully saturated rings. The summed E-state index contributed by atoms with van der Waals surface area (Å²) in [6.45, 7) is 9.68. The van der Waals surface area contributed by atoms with Crippen LogP contribution in [0.1, 0.15) is 97.4 Å². The first kappa shape index (κ1) is 27.7. The van der Waals surface area contributed by atoms with Gasteiger partial charge in [0, 0.05) is 50.3 Å². The summed E-state index contributed by atoms with van der Waals surface area (Å²) in [6, 6.07) is 11.5. The van der Waals surface area contributed by atoms with E-state index in [1.165, 1.54) is 76.1 Å². The van der Waals surface area contributed by atoms with Gasteiger partial charge in [0.1, 0.15) is 5.60 Å². The average Bonchev–Trinajstić information content (AvgIpc) is 3.31. The van der Waals surface area contributed by atoms with E-state index in [9.17, 15) is 4.79 Å². The van der Waals surface area contributed by atoms with Crippen LogP contribution in [0, 0.1) is 11.8 Å². The van der Waals surface area contributed by atoms with E-state index in [1.807, 2.05) is 20.8 Å². The highest BCUT2D eigenvalue weighted by atomic mass is 16.6. The number of para-hydroxylation sites is 2. The van der Waals surface area contributed by atoms with Crippen molar-refractivity contribution in [1.82, 2.24) is 19.4 Å². The summed E-state index contributed by atoms with van der Waals surface area (Å²) < 4.78 is 8.22. The molecule has 224 valence electrons. The third-order valence-electron chi connectivity index (χ3n) is 10.9. The average molecular weight is 562 g/mol. The second-order valence-electron chi connectivity index (χ2n) is 15.0. The van der Waals surface area contributed by atoms with Crippen molar-refractivity contribution in [3.05, 3.63) is 24.3 Å². The number of nitrogens with zero attached hydrogens (tertiary/aromatic N) is 5. The number of carbonyl (C=O) groups is 1. The minimum Gasteiger partial charge on any atom is -0.459 e. The number of fused-ring (bicyclic) bond motifs is 5. The third kappa shape index (κ3) is 5.78. The van der Waals surface area contributed by atoms with Crippen molar-refractivity contribution >= 4 is 23.0 Å². The van der Waals surface area contributed by atoms with Gasteiger partial charge in [-0.15, -0.1) is 0 Å². The number of aromatic nitrogens is 2. The molecule has 41 heavy (non-hydrogen) atoms.